The molecular weight excluding hydrogens is 259 g/mol. The third-order valence-corrected chi connectivity index (χ3v) is 3.19. The van der Waals surface area contributed by atoms with Gasteiger partial charge < -0.3 is 9.64 Å². The second-order valence-electron chi connectivity index (χ2n) is 4.83. The van der Waals surface area contributed by atoms with Crippen LogP contribution >= 0.6 is 0 Å². The highest BCUT2D eigenvalue weighted by Crippen LogP contribution is 2.21. The molecule has 1 rings (SSSR count). The Morgan fingerprint density at radius 3 is 2.35 bits per heavy atom. The molecule has 0 aliphatic carbocycles. The molecular formula is C15H23FN2O2. The van der Waals surface area contributed by atoms with E-state index in [1.165, 1.54) is 12.1 Å². The van der Waals surface area contributed by atoms with Gasteiger partial charge in [-0.1, -0.05) is 12.1 Å². The van der Waals surface area contributed by atoms with Gasteiger partial charge in [-0.3, -0.25) is 9.69 Å². The number of amides is 1. The first-order valence-corrected chi connectivity index (χ1v) is 6.70. The number of hydrogen-bond donors (Lipinski definition) is 0. The Kier molecular flexibility index (Phi) is 6.61. The quantitative estimate of drug-likeness (QED) is 0.766. The summed E-state index contributed by atoms with van der Waals surface area (Å²) in [6.07, 6.45) is 0. The molecule has 4 nitrogen and oxygen atoms in total. The molecule has 5 heteroatoms. The lowest BCUT2D eigenvalue weighted by atomic mass is 10.0. The van der Waals surface area contributed by atoms with E-state index >= 15 is 0 Å². The second-order valence-corrected chi connectivity index (χ2v) is 4.83. The number of carbonyl (C=O) groups is 1. The zero-order valence-corrected chi connectivity index (χ0v) is 12.6. The van der Waals surface area contributed by atoms with Gasteiger partial charge in [0, 0.05) is 20.2 Å². The van der Waals surface area contributed by atoms with E-state index in [2.05, 4.69) is 0 Å². The van der Waals surface area contributed by atoms with Crippen molar-refractivity contribution in [2.75, 3.05) is 40.9 Å². The van der Waals surface area contributed by atoms with Crippen LogP contribution in [0.4, 0.5) is 4.39 Å². The van der Waals surface area contributed by atoms with Crippen molar-refractivity contribution >= 4 is 5.91 Å². The number of benzene rings is 1. The van der Waals surface area contributed by atoms with Gasteiger partial charge in [0.2, 0.25) is 5.91 Å². The first-order valence-electron chi connectivity index (χ1n) is 6.70. The van der Waals surface area contributed by atoms with E-state index in [-0.39, 0.29) is 11.7 Å². The molecule has 0 saturated carbocycles. The minimum absolute atomic E-state index is 0.00107. The molecule has 112 valence electrons. The summed E-state index contributed by atoms with van der Waals surface area (Å²) in [7, 11) is 5.30. The fraction of sp³-hybridized carbons (Fsp3) is 0.533. The molecule has 0 unspecified atom stereocenters. The average molecular weight is 282 g/mol. The molecule has 1 atom stereocenters. The number of ether oxygens (including phenoxy) is 1. The molecule has 1 amide bonds. The molecule has 0 radical (unpaired) electrons. The molecule has 1 aromatic rings. The normalized spacial score (nSPS) is 12.5. The molecule has 0 bridgehead atoms. The Balaban J connectivity index is 2.94. The number of halogens is 1. The van der Waals surface area contributed by atoms with Gasteiger partial charge in [-0.05, 0) is 38.7 Å². The smallest absolute Gasteiger partial charge is 0.244 e. The van der Waals surface area contributed by atoms with Crippen molar-refractivity contribution in [3.8, 4) is 0 Å². The van der Waals surface area contributed by atoms with Gasteiger partial charge >= 0.3 is 0 Å². The van der Waals surface area contributed by atoms with Crippen molar-refractivity contribution in [2.45, 2.75) is 13.0 Å². The maximum atomic E-state index is 13.0. The highest BCUT2D eigenvalue weighted by molar-refractivity contribution is 5.83. The molecule has 0 saturated heterocycles. The Bertz CT molecular complexity index is 420. The van der Waals surface area contributed by atoms with Gasteiger partial charge in [0.25, 0.3) is 0 Å². The van der Waals surface area contributed by atoms with Crippen LogP contribution in [-0.4, -0.2) is 56.6 Å². The number of likely N-dealkylation sites (N-methyl/N-ethyl adjacent to an activating group) is 2. The molecule has 0 aliphatic heterocycles. The molecule has 0 N–H and O–H groups in total. The van der Waals surface area contributed by atoms with E-state index < -0.39 is 6.04 Å². The van der Waals surface area contributed by atoms with Crippen LogP contribution in [-0.2, 0) is 9.53 Å². The molecule has 0 heterocycles. The van der Waals surface area contributed by atoms with Crippen LogP contribution in [0, 0.1) is 5.82 Å². The van der Waals surface area contributed by atoms with E-state index in [1.807, 2.05) is 25.9 Å². The highest BCUT2D eigenvalue weighted by atomic mass is 19.1. The molecule has 0 fully saturated rings. The minimum Gasteiger partial charge on any atom is -0.383 e. The predicted octanol–water partition coefficient (Wildman–Crippen LogP) is 1.92. The lowest BCUT2D eigenvalue weighted by Crippen LogP contribution is -2.41. The number of carbonyl (C=O) groups excluding carboxylic acids is 1. The summed E-state index contributed by atoms with van der Waals surface area (Å²) < 4.78 is 18.0. The largest absolute Gasteiger partial charge is 0.383 e. The Labute approximate surface area is 120 Å². The van der Waals surface area contributed by atoms with Crippen LogP contribution in [0.5, 0.6) is 0 Å². The fourth-order valence-electron chi connectivity index (χ4n) is 2.11. The van der Waals surface area contributed by atoms with Crippen molar-refractivity contribution in [3.05, 3.63) is 35.6 Å². The third kappa shape index (κ3) is 4.28. The summed E-state index contributed by atoms with van der Waals surface area (Å²) in [5.74, 6) is -0.299. The topological polar surface area (TPSA) is 32.8 Å². The van der Waals surface area contributed by atoms with Crippen LogP contribution in [0.2, 0.25) is 0 Å². The van der Waals surface area contributed by atoms with E-state index in [4.69, 9.17) is 4.74 Å². The van der Waals surface area contributed by atoms with Crippen molar-refractivity contribution in [3.63, 3.8) is 0 Å². The van der Waals surface area contributed by atoms with Crippen LogP contribution in [0.1, 0.15) is 18.5 Å². The Morgan fingerprint density at radius 1 is 1.30 bits per heavy atom. The van der Waals surface area contributed by atoms with Crippen LogP contribution < -0.4 is 0 Å². The number of methoxy groups -OCH3 is 1. The van der Waals surface area contributed by atoms with Gasteiger partial charge in [0.05, 0.1) is 6.61 Å². The highest BCUT2D eigenvalue weighted by Gasteiger charge is 2.26. The van der Waals surface area contributed by atoms with E-state index in [9.17, 15) is 9.18 Å². The first kappa shape index (κ1) is 16.6. The Morgan fingerprint density at radius 2 is 1.90 bits per heavy atom. The summed E-state index contributed by atoms with van der Waals surface area (Å²) in [6.45, 7) is 3.61. The van der Waals surface area contributed by atoms with Crippen LogP contribution in [0.3, 0.4) is 0 Å². The van der Waals surface area contributed by atoms with Crippen molar-refractivity contribution in [1.82, 2.24) is 9.80 Å². The summed E-state index contributed by atoms with van der Waals surface area (Å²) in [4.78, 5) is 16.2. The van der Waals surface area contributed by atoms with Gasteiger partial charge in [-0.2, -0.15) is 0 Å². The van der Waals surface area contributed by atoms with E-state index in [1.54, 1.807) is 24.1 Å². The van der Waals surface area contributed by atoms with Gasteiger partial charge in [-0.25, -0.2) is 4.39 Å². The SMILES string of the molecule is CCN(CCOC)C(=O)[C@H](c1ccc(F)cc1)N(C)C. The monoisotopic (exact) mass is 282 g/mol. The lowest BCUT2D eigenvalue weighted by Gasteiger charge is -2.30. The standard InChI is InChI=1S/C15H23FN2O2/c1-5-18(10-11-20-4)15(19)14(17(2)3)12-6-8-13(16)9-7-12/h6-9,14H,5,10-11H2,1-4H3/t14-/m0/s1. The van der Waals surface area contributed by atoms with Gasteiger partial charge in [-0.15, -0.1) is 0 Å². The average Bonchev–Trinajstić information content (AvgIpc) is 2.41. The molecule has 0 aromatic heterocycles. The molecule has 0 spiro atoms. The predicted molar refractivity (Wildman–Crippen MR) is 77.0 cm³/mol. The maximum Gasteiger partial charge on any atom is 0.244 e. The third-order valence-electron chi connectivity index (χ3n) is 3.19. The van der Waals surface area contributed by atoms with Crippen LogP contribution in [0.25, 0.3) is 0 Å². The molecule has 20 heavy (non-hydrogen) atoms. The van der Waals surface area contributed by atoms with Crippen LogP contribution in [0.15, 0.2) is 24.3 Å². The second kappa shape index (κ2) is 7.97. The number of hydrogen-bond acceptors (Lipinski definition) is 3. The maximum absolute atomic E-state index is 13.0. The Hall–Kier alpha value is -1.46. The summed E-state index contributed by atoms with van der Waals surface area (Å²) >= 11 is 0. The number of rotatable bonds is 7. The lowest BCUT2D eigenvalue weighted by molar-refractivity contribution is -0.136. The van der Waals surface area contributed by atoms with Gasteiger partial charge in [0.15, 0.2) is 0 Å². The fourth-order valence-corrected chi connectivity index (χ4v) is 2.11. The summed E-state index contributed by atoms with van der Waals surface area (Å²) in [6, 6.07) is 5.66. The summed E-state index contributed by atoms with van der Waals surface area (Å²) in [5.41, 5.74) is 0.789. The zero-order chi connectivity index (χ0) is 15.1. The minimum atomic E-state index is -0.410. The zero-order valence-electron chi connectivity index (χ0n) is 12.6. The van der Waals surface area contributed by atoms with E-state index in [0.29, 0.717) is 19.7 Å². The van der Waals surface area contributed by atoms with E-state index in [0.717, 1.165) is 5.56 Å². The van der Waals surface area contributed by atoms with Crippen molar-refractivity contribution in [2.24, 2.45) is 0 Å². The number of nitrogens with zero attached hydrogens (tertiary/aromatic N) is 2. The molecule has 1 aromatic carbocycles. The molecule has 0 aliphatic rings. The van der Waals surface area contributed by atoms with Gasteiger partial charge in [0.1, 0.15) is 11.9 Å². The first-order chi connectivity index (χ1) is 9.51. The van der Waals surface area contributed by atoms with Crippen molar-refractivity contribution < 1.29 is 13.9 Å². The summed E-state index contributed by atoms with van der Waals surface area (Å²) in [5, 5.41) is 0. The van der Waals surface area contributed by atoms with Crippen molar-refractivity contribution in [1.29, 1.82) is 0 Å².